The second kappa shape index (κ2) is 7.88. The Balaban J connectivity index is 1.48. The van der Waals surface area contributed by atoms with Gasteiger partial charge < -0.3 is 5.32 Å². The van der Waals surface area contributed by atoms with E-state index in [1.807, 2.05) is 4.68 Å². The van der Waals surface area contributed by atoms with Crippen molar-refractivity contribution in [2.45, 2.75) is 71.3 Å². The lowest BCUT2D eigenvalue weighted by Gasteiger charge is -2.32. The number of rotatable bonds is 5. The van der Waals surface area contributed by atoms with Gasteiger partial charge in [-0.05, 0) is 41.5 Å². The molecule has 6 heteroatoms. The van der Waals surface area contributed by atoms with Gasteiger partial charge in [-0.2, -0.15) is 0 Å². The van der Waals surface area contributed by atoms with Gasteiger partial charge in [0, 0.05) is 25.4 Å². The predicted octanol–water partition coefficient (Wildman–Crippen LogP) is 2.35. The minimum atomic E-state index is 0.0896. The summed E-state index contributed by atoms with van der Waals surface area (Å²) in [6, 6.07) is 0. The van der Waals surface area contributed by atoms with E-state index < -0.39 is 0 Å². The summed E-state index contributed by atoms with van der Waals surface area (Å²) in [6.45, 7) is 3.88. The lowest BCUT2D eigenvalue weighted by Crippen LogP contribution is -2.37. The maximum Gasteiger partial charge on any atom is 0.223 e. The van der Waals surface area contributed by atoms with Gasteiger partial charge in [0.05, 0.1) is 0 Å². The number of fused-ring (bicyclic) bond motifs is 1. The number of nitrogens with one attached hydrogen (secondary N) is 1. The number of tetrazole rings is 1. The van der Waals surface area contributed by atoms with E-state index in [9.17, 15) is 4.79 Å². The Bertz CT molecular complexity index is 490. The molecule has 23 heavy (non-hydrogen) atoms. The Morgan fingerprint density at radius 3 is 2.87 bits per heavy atom. The van der Waals surface area contributed by atoms with Gasteiger partial charge in [-0.15, -0.1) is 5.10 Å². The van der Waals surface area contributed by atoms with Crippen molar-refractivity contribution in [2.75, 3.05) is 6.54 Å². The SMILES string of the molecule is CCCC1CCCCC1CNC(=O)C1CCc2nnnn2CC1. The molecule has 1 N–H and O–H groups in total. The second-order valence-corrected chi connectivity index (χ2v) is 7.18. The molecule has 2 aliphatic rings. The van der Waals surface area contributed by atoms with Gasteiger partial charge in [-0.1, -0.05) is 39.0 Å². The van der Waals surface area contributed by atoms with Crippen LogP contribution in [-0.2, 0) is 17.8 Å². The molecule has 1 fully saturated rings. The first kappa shape index (κ1) is 16.4. The Morgan fingerprint density at radius 2 is 2.04 bits per heavy atom. The van der Waals surface area contributed by atoms with Crippen molar-refractivity contribution < 1.29 is 4.79 Å². The minimum absolute atomic E-state index is 0.0896. The fourth-order valence-corrected chi connectivity index (χ4v) is 4.24. The highest BCUT2D eigenvalue weighted by molar-refractivity contribution is 5.78. The van der Waals surface area contributed by atoms with Crippen LogP contribution in [0.15, 0.2) is 0 Å². The summed E-state index contributed by atoms with van der Waals surface area (Å²) < 4.78 is 1.84. The molecule has 1 aromatic rings. The van der Waals surface area contributed by atoms with Crippen LogP contribution in [0.2, 0.25) is 0 Å². The summed E-state index contributed by atoms with van der Waals surface area (Å²) in [5.74, 6) is 2.72. The molecule has 0 bridgehead atoms. The van der Waals surface area contributed by atoms with Crippen LogP contribution in [0.25, 0.3) is 0 Å². The predicted molar refractivity (Wildman–Crippen MR) is 87.6 cm³/mol. The summed E-state index contributed by atoms with van der Waals surface area (Å²) in [6.07, 6.45) is 10.4. The van der Waals surface area contributed by atoms with Crippen molar-refractivity contribution in [3.05, 3.63) is 5.82 Å². The lowest BCUT2D eigenvalue weighted by atomic mass is 9.77. The fraction of sp³-hybridized carbons (Fsp3) is 0.882. The van der Waals surface area contributed by atoms with Crippen molar-refractivity contribution in [3.8, 4) is 0 Å². The number of hydrogen-bond acceptors (Lipinski definition) is 4. The molecule has 0 saturated heterocycles. The topological polar surface area (TPSA) is 72.7 Å². The van der Waals surface area contributed by atoms with Gasteiger partial charge in [0.15, 0.2) is 5.82 Å². The monoisotopic (exact) mass is 319 g/mol. The Kier molecular flexibility index (Phi) is 5.62. The molecule has 0 radical (unpaired) electrons. The van der Waals surface area contributed by atoms with Crippen LogP contribution < -0.4 is 5.32 Å². The van der Waals surface area contributed by atoms with Crippen LogP contribution in [0.1, 0.15) is 64.1 Å². The largest absolute Gasteiger partial charge is 0.356 e. The van der Waals surface area contributed by atoms with Crippen molar-refractivity contribution in [1.29, 1.82) is 0 Å². The quantitative estimate of drug-likeness (QED) is 0.904. The molecule has 0 aromatic carbocycles. The average molecular weight is 319 g/mol. The van der Waals surface area contributed by atoms with Gasteiger partial charge in [-0.25, -0.2) is 4.68 Å². The Labute approximate surface area is 138 Å². The third-order valence-electron chi connectivity index (χ3n) is 5.65. The van der Waals surface area contributed by atoms with Gasteiger partial charge >= 0.3 is 0 Å². The van der Waals surface area contributed by atoms with Crippen LogP contribution in [0.3, 0.4) is 0 Å². The van der Waals surface area contributed by atoms with Gasteiger partial charge in [-0.3, -0.25) is 4.79 Å². The molecule has 2 heterocycles. The Morgan fingerprint density at radius 1 is 1.22 bits per heavy atom. The highest BCUT2D eigenvalue weighted by atomic mass is 16.1. The zero-order valence-electron chi connectivity index (χ0n) is 14.2. The zero-order valence-corrected chi connectivity index (χ0v) is 14.2. The minimum Gasteiger partial charge on any atom is -0.356 e. The summed E-state index contributed by atoms with van der Waals surface area (Å²) in [7, 11) is 0. The van der Waals surface area contributed by atoms with E-state index in [0.29, 0.717) is 5.92 Å². The first-order chi connectivity index (χ1) is 11.3. The summed E-state index contributed by atoms with van der Waals surface area (Å²) in [5, 5.41) is 15.0. The molecule has 128 valence electrons. The first-order valence-electron chi connectivity index (χ1n) is 9.30. The molecule has 3 unspecified atom stereocenters. The van der Waals surface area contributed by atoms with Gasteiger partial charge in [0.25, 0.3) is 0 Å². The number of carbonyl (C=O) groups excluding carboxylic acids is 1. The van der Waals surface area contributed by atoms with E-state index >= 15 is 0 Å². The molecular weight excluding hydrogens is 290 g/mol. The van der Waals surface area contributed by atoms with Crippen LogP contribution in [0, 0.1) is 17.8 Å². The molecule has 3 atom stereocenters. The second-order valence-electron chi connectivity index (χ2n) is 7.18. The molecule has 1 aromatic heterocycles. The molecule has 6 nitrogen and oxygen atoms in total. The van der Waals surface area contributed by atoms with Gasteiger partial charge in [0.1, 0.15) is 0 Å². The highest BCUT2D eigenvalue weighted by Gasteiger charge is 2.27. The van der Waals surface area contributed by atoms with E-state index in [1.165, 1.54) is 38.5 Å². The number of hydrogen-bond donors (Lipinski definition) is 1. The maximum atomic E-state index is 12.6. The first-order valence-corrected chi connectivity index (χ1v) is 9.30. The van der Waals surface area contributed by atoms with Crippen LogP contribution in [0.4, 0.5) is 0 Å². The summed E-state index contributed by atoms with van der Waals surface area (Å²) >= 11 is 0. The number of amides is 1. The summed E-state index contributed by atoms with van der Waals surface area (Å²) in [5.41, 5.74) is 0. The fourth-order valence-electron chi connectivity index (χ4n) is 4.24. The standard InChI is InChI=1S/C17H29N5O/c1-2-5-13-6-3-4-7-15(13)12-18-17(23)14-8-9-16-19-20-21-22(16)11-10-14/h13-15H,2-12H2,1H3,(H,18,23). The number of carbonyl (C=O) groups is 1. The van der Waals surface area contributed by atoms with E-state index in [1.54, 1.807) is 0 Å². The lowest BCUT2D eigenvalue weighted by molar-refractivity contribution is -0.125. The highest BCUT2D eigenvalue weighted by Crippen LogP contribution is 2.32. The third-order valence-corrected chi connectivity index (χ3v) is 5.65. The molecule has 1 aliphatic carbocycles. The molecular formula is C17H29N5O. The maximum absolute atomic E-state index is 12.6. The van der Waals surface area contributed by atoms with Gasteiger partial charge in [0.2, 0.25) is 5.91 Å². The van der Waals surface area contributed by atoms with E-state index in [4.69, 9.17) is 0 Å². The van der Waals surface area contributed by atoms with E-state index in [0.717, 1.165) is 44.1 Å². The van der Waals surface area contributed by atoms with Crippen molar-refractivity contribution in [2.24, 2.45) is 17.8 Å². The Hall–Kier alpha value is -1.46. The average Bonchev–Trinajstić information content (AvgIpc) is 2.92. The smallest absolute Gasteiger partial charge is 0.223 e. The van der Waals surface area contributed by atoms with E-state index in [-0.39, 0.29) is 11.8 Å². The van der Waals surface area contributed by atoms with Crippen LogP contribution in [-0.4, -0.2) is 32.7 Å². The molecule has 1 amide bonds. The van der Waals surface area contributed by atoms with Crippen LogP contribution in [0.5, 0.6) is 0 Å². The van der Waals surface area contributed by atoms with Crippen molar-refractivity contribution in [1.82, 2.24) is 25.5 Å². The normalized spacial score (nSPS) is 28.0. The molecule has 3 rings (SSSR count). The number of nitrogens with zero attached hydrogens (tertiary/aromatic N) is 4. The summed E-state index contributed by atoms with van der Waals surface area (Å²) in [4.78, 5) is 12.6. The molecule has 1 saturated carbocycles. The van der Waals surface area contributed by atoms with Crippen LogP contribution >= 0.6 is 0 Å². The zero-order chi connectivity index (χ0) is 16.1. The van der Waals surface area contributed by atoms with Crippen molar-refractivity contribution >= 4 is 5.91 Å². The number of aromatic nitrogens is 4. The molecule has 1 aliphatic heterocycles. The van der Waals surface area contributed by atoms with E-state index in [2.05, 4.69) is 27.8 Å². The van der Waals surface area contributed by atoms with Crippen molar-refractivity contribution in [3.63, 3.8) is 0 Å². The molecule has 0 spiro atoms. The number of aryl methyl sites for hydroxylation is 2. The third kappa shape index (κ3) is 4.09.